The topological polar surface area (TPSA) is 187 Å². The highest BCUT2D eigenvalue weighted by atomic mass is 16.6. The minimum Gasteiger partial charge on any atom is -0.394 e. The van der Waals surface area contributed by atoms with E-state index in [-0.39, 0.29) is 23.1 Å². The first-order chi connectivity index (χ1) is 15.3. The number of aliphatic hydroxyl groups excluding tert-OH is 3. The van der Waals surface area contributed by atoms with Crippen molar-refractivity contribution in [3.8, 4) is 0 Å². The fourth-order valence-corrected chi connectivity index (χ4v) is 3.44. The van der Waals surface area contributed by atoms with E-state index in [1.165, 1.54) is 4.57 Å². The van der Waals surface area contributed by atoms with Crippen molar-refractivity contribution in [2.24, 2.45) is 5.10 Å². The van der Waals surface area contributed by atoms with Crippen LogP contribution in [0, 0.1) is 0 Å². The Balaban J connectivity index is 1.70. The van der Waals surface area contributed by atoms with Gasteiger partial charge in [-0.05, 0) is 17.7 Å². The van der Waals surface area contributed by atoms with E-state index >= 15 is 0 Å². The van der Waals surface area contributed by atoms with Crippen LogP contribution in [0.1, 0.15) is 11.8 Å². The van der Waals surface area contributed by atoms with Gasteiger partial charge in [0.15, 0.2) is 17.4 Å². The number of benzene rings is 1. The van der Waals surface area contributed by atoms with Gasteiger partial charge >= 0.3 is 0 Å². The molecular formula is C19H24N8O5. The molecule has 1 aromatic carbocycles. The minimum absolute atomic E-state index is 0.0223. The first kappa shape index (κ1) is 21.7. The maximum absolute atomic E-state index is 12.3. The van der Waals surface area contributed by atoms with E-state index in [0.29, 0.717) is 0 Å². The molecule has 1 aliphatic heterocycles. The summed E-state index contributed by atoms with van der Waals surface area (Å²) >= 11 is 0. The zero-order valence-electron chi connectivity index (χ0n) is 17.4. The van der Waals surface area contributed by atoms with E-state index in [1.807, 2.05) is 43.3 Å². The summed E-state index contributed by atoms with van der Waals surface area (Å²) in [5.74, 6) is -0.133. The quantitative estimate of drug-likeness (QED) is 0.200. The lowest BCUT2D eigenvalue weighted by atomic mass is 10.1. The molecule has 1 fully saturated rings. The first-order valence-electron chi connectivity index (χ1n) is 9.76. The Morgan fingerprint density at radius 1 is 1.28 bits per heavy atom. The number of ether oxygens (including phenoxy) is 1. The Kier molecular flexibility index (Phi) is 5.80. The zero-order valence-corrected chi connectivity index (χ0v) is 17.4. The average Bonchev–Trinajstić information content (AvgIpc) is 3.25. The number of H-pyrrole nitrogens is 1. The Labute approximate surface area is 181 Å². The summed E-state index contributed by atoms with van der Waals surface area (Å²) in [6.45, 7) is -0.513. The second kappa shape index (κ2) is 8.55. The number of nitrogens with one attached hydrogen (secondary N) is 2. The van der Waals surface area contributed by atoms with Crippen LogP contribution in [-0.4, -0.2) is 80.1 Å². The van der Waals surface area contributed by atoms with Crippen LogP contribution < -0.4 is 21.6 Å². The van der Waals surface area contributed by atoms with Crippen LogP contribution >= 0.6 is 0 Å². The number of hydrazone groups is 1. The Bertz CT molecular complexity index is 1190. The van der Waals surface area contributed by atoms with E-state index in [9.17, 15) is 20.1 Å². The summed E-state index contributed by atoms with van der Waals surface area (Å²) in [7, 11) is 3.88. The van der Waals surface area contributed by atoms with Crippen LogP contribution in [0.3, 0.4) is 0 Å². The molecule has 3 aromatic rings. The lowest BCUT2D eigenvalue weighted by Crippen LogP contribution is -2.33. The first-order valence-corrected chi connectivity index (χ1v) is 9.76. The fourth-order valence-electron chi connectivity index (χ4n) is 3.44. The predicted molar refractivity (Wildman–Crippen MR) is 118 cm³/mol. The van der Waals surface area contributed by atoms with Gasteiger partial charge < -0.3 is 30.7 Å². The summed E-state index contributed by atoms with van der Waals surface area (Å²) in [6.07, 6.45) is -3.45. The molecule has 4 atom stereocenters. The minimum atomic E-state index is -1.42. The lowest BCUT2D eigenvalue weighted by molar-refractivity contribution is -0.0501. The molecule has 0 radical (unpaired) electrons. The molecule has 13 heteroatoms. The molecule has 2 aromatic heterocycles. The summed E-state index contributed by atoms with van der Waals surface area (Å²) in [4.78, 5) is 24.9. The molecule has 4 rings (SSSR count). The number of rotatable bonds is 6. The van der Waals surface area contributed by atoms with E-state index in [2.05, 4.69) is 25.5 Å². The van der Waals surface area contributed by atoms with E-state index in [1.54, 1.807) is 6.21 Å². The number of nitrogens with two attached hydrogens (primary N) is 1. The van der Waals surface area contributed by atoms with Crippen LogP contribution in [0.4, 0.5) is 17.6 Å². The molecule has 170 valence electrons. The number of hydrogen-bond acceptors (Lipinski definition) is 11. The molecule has 0 saturated carbocycles. The maximum atomic E-state index is 12.3. The van der Waals surface area contributed by atoms with Gasteiger partial charge in [0.05, 0.1) is 12.8 Å². The molecule has 0 bridgehead atoms. The highest BCUT2D eigenvalue weighted by Crippen LogP contribution is 2.33. The van der Waals surface area contributed by atoms with Gasteiger partial charge in [-0.2, -0.15) is 10.1 Å². The number of hydrogen-bond donors (Lipinski definition) is 6. The second-order valence-corrected chi connectivity index (χ2v) is 7.51. The third-order valence-electron chi connectivity index (χ3n) is 5.13. The fraction of sp³-hybridized carbons (Fsp3) is 0.368. The molecule has 1 aliphatic rings. The molecule has 0 spiro atoms. The number of aromatic nitrogens is 4. The van der Waals surface area contributed by atoms with Gasteiger partial charge in [-0.25, -0.2) is 10.4 Å². The number of aliphatic hydroxyl groups is 3. The van der Waals surface area contributed by atoms with Crippen molar-refractivity contribution in [2.45, 2.75) is 24.5 Å². The van der Waals surface area contributed by atoms with Crippen LogP contribution in [0.25, 0.3) is 11.2 Å². The van der Waals surface area contributed by atoms with Gasteiger partial charge in [-0.15, -0.1) is 0 Å². The molecule has 3 heterocycles. The molecule has 0 aliphatic carbocycles. The van der Waals surface area contributed by atoms with Crippen molar-refractivity contribution in [3.63, 3.8) is 0 Å². The number of anilines is 3. The van der Waals surface area contributed by atoms with Crippen molar-refractivity contribution in [1.29, 1.82) is 0 Å². The van der Waals surface area contributed by atoms with Crippen molar-refractivity contribution in [3.05, 3.63) is 40.2 Å². The van der Waals surface area contributed by atoms with Crippen molar-refractivity contribution >= 4 is 35.0 Å². The largest absolute Gasteiger partial charge is 0.394 e. The van der Waals surface area contributed by atoms with Crippen molar-refractivity contribution in [1.82, 2.24) is 19.5 Å². The summed E-state index contributed by atoms with van der Waals surface area (Å²) in [6, 6.07) is 7.62. The smallest absolute Gasteiger partial charge is 0.280 e. The number of imidazole rings is 1. The zero-order chi connectivity index (χ0) is 23.0. The van der Waals surface area contributed by atoms with Gasteiger partial charge in [0.2, 0.25) is 11.9 Å². The van der Waals surface area contributed by atoms with Crippen molar-refractivity contribution < 1.29 is 20.1 Å². The molecule has 7 N–H and O–H groups in total. The van der Waals surface area contributed by atoms with Gasteiger partial charge in [-0.1, -0.05) is 12.1 Å². The summed E-state index contributed by atoms with van der Waals surface area (Å²) < 4.78 is 6.87. The summed E-state index contributed by atoms with van der Waals surface area (Å²) in [5, 5.41) is 34.2. The standard InChI is InChI=1S/C19H24N8O5/c1-26(2)10-5-3-9(4-6-10)7-21-25-19-22-12-15(23-18(20)24-16(12)31)27(19)17-14(30)13(29)11(8-28)32-17/h3-7,11,13-14,17,28-30H,8H2,1-2H3,(H,22,25)(H3,20,23,24,31)/t11-,13+,14-,17-/m1/s1. The highest BCUT2D eigenvalue weighted by molar-refractivity contribution is 5.81. The van der Waals surface area contributed by atoms with Crippen LogP contribution in [0.15, 0.2) is 34.2 Å². The maximum Gasteiger partial charge on any atom is 0.280 e. The van der Waals surface area contributed by atoms with E-state index in [4.69, 9.17) is 10.5 Å². The number of aromatic amines is 1. The van der Waals surface area contributed by atoms with Gasteiger partial charge in [-0.3, -0.25) is 14.3 Å². The number of nitrogens with zero attached hydrogens (tertiary/aromatic N) is 5. The van der Waals surface area contributed by atoms with Crippen LogP contribution in [0.2, 0.25) is 0 Å². The molecule has 0 amide bonds. The average molecular weight is 444 g/mol. The molecule has 0 unspecified atom stereocenters. The van der Waals surface area contributed by atoms with Gasteiger partial charge in [0.25, 0.3) is 5.56 Å². The van der Waals surface area contributed by atoms with Crippen LogP contribution in [0.5, 0.6) is 0 Å². The molecule has 13 nitrogen and oxygen atoms in total. The molecule has 1 saturated heterocycles. The van der Waals surface area contributed by atoms with E-state index in [0.717, 1.165) is 11.3 Å². The SMILES string of the molecule is CN(C)c1ccc(C=NNc2nc3c(=O)[nH]c(N)nc3n2[C@@H]2O[C@H](CO)[C@H](O)[C@H]2O)cc1. The van der Waals surface area contributed by atoms with Crippen LogP contribution in [-0.2, 0) is 4.74 Å². The Morgan fingerprint density at radius 3 is 2.62 bits per heavy atom. The third-order valence-corrected chi connectivity index (χ3v) is 5.13. The third kappa shape index (κ3) is 3.89. The second-order valence-electron chi connectivity index (χ2n) is 7.51. The summed E-state index contributed by atoms with van der Waals surface area (Å²) in [5.41, 5.74) is 9.60. The molecule has 32 heavy (non-hydrogen) atoms. The lowest BCUT2D eigenvalue weighted by Gasteiger charge is -2.18. The predicted octanol–water partition coefficient (Wildman–Crippen LogP) is -1.17. The Morgan fingerprint density at radius 2 is 2.00 bits per heavy atom. The number of fused-ring (bicyclic) bond motifs is 1. The molecular weight excluding hydrogens is 420 g/mol. The van der Waals surface area contributed by atoms with Crippen molar-refractivity contribution in [2.75, 3.05) is 36.8 Å². The Hall–Kier alpha value is -3.52. The highest BCUT2D eigenvalue weighted by Gasteiger charge is 2.45. The van der Waals surface area contributed by atoms with Gasteiger partial charge in [0.1, 0.15) is 18.3 Å². The van der Waals surface area contributed by atoms with E-state index < -0.39 is 36.7 Å². The number of nitrogen functional groups attached to an aromatic ring is 1. The van der Waals surface area contributed by atoms with Gasteiger partial charge in [0, 0.05) is 19.8 Å². The normalized spacial score (nSPS) is 23.3. The monoisotopic (exact) mass is 444 g/mol.